The van der Waals surface area contributed by atoms with E-state index >= 15 is 0 Å². The van der Waals surface area contributed by atoms with Gasteiger partial charge < -0.3 is 0 Å². The van der Waals surface area contributed by atoms with Crippen LogP contribution in [0.2, 0.25) is 0 Å². The normalized spacial score (nSPS) is 14.5. The molecule has 0 saturated heterocycles. The molecule has 1 aliphatic rings. The van der Waals surface area contributed by atoms with Gasteiger partial charge in [-0.25, -0.2) is 0 Å². The van der Waals surface area contributed by atoms with Gasteiger partial charge in [0.15, 0.2) is 11.2 Å². The van der Waals surface area contributed by atoms with Crippen molar-refractivity contribution in [2.45, 2.75) is 26.7 Å². The van der Waals surface area contributed by atoms with E-state index in [2.05, 4.69) is 15.9 Å². The first-order valence-electron chi connectivity index (χ1n) is 5.53. The smallest absolute Gasteiger partial charge is 0.190 e. The maximum absolute atomic E-state index is 12.0. The number of allylic oxidation sites excluding steroid dienone is 1. The van der Waals surface area contributed by atoms with Gasteiger partial charge in [-0.05, 0) is 40.9 Å². The molecule has 1 aliphatic carbocycles. The van der Waals surface area contributed by atoms with Crippen LogP contribution in [0.3, 0.4) is 0 Å². The van der Waals surface area contributed by atoms with Crippen LogP contribution >= 0.6 is 15.9 Å². The second-order valence-corrected chi connectivity index (χ2v) is 5.34. The van der Waals surface area contributed by atoms with Gasteiger partial charge in [-0.2, -0.15) is 0 Å². The minimum atomic E-state index is -0.0132. The second-order valence-electron chi connectivity index (χ2n) is 4.55. The summed E-state index contributed by atoms with van der Waals surface area (Å²) in [4.78, 5) is 24.0. The molecular formula is C14H13BrO2. The Balaban J connectivity index is 2.78. The molecule has 0 atom stereocenters. The van der Waals surface area contributed by atoms with Crippen LogP contribution in [0.1, 0.15) is 48.2 Å². The molecule has 0 saturated carbocycles. The summed E-state index contributed by atoms with van der Waals surface area (Å²) in [6.07, 6.45) is 0. The Hall–Kier alpha value is -1.22. The number of halogens is 1. The summed E-state index contributed by atoms with van der Waals surface area (Å²) in [5.74, 6) is 0.158. The van der Waals surface area contributed by atoms with E-state index in [1.165, 1.54) is 0 Å². The highest BCUT2D eigenvalue weighted by Crippen LogP contribution is 2.35. The SMILES string of the molecule is CC1=C(Br)c2cc(=O)c(C(C)C)ccc2C1=O. The van der Waals surface area contributed by atoms with Gasteiger partial charge in [0.1, 0.15) is 0 Å². The summed E-state index contributed by atoms with van der Waals surface area (Å²) in [6.45, 7) is 5.71. The molecule has 0 radical (unpaired) electrons. The molecule has 2 rings (SSSR count). The van der Waals surface area contributed by atoms with Crippen LogP contribution in [-0.2, 0) is 0 Å². The summed E-state index contributed by atoms with van der Waals surface area (Å²) in [7, 11) is 0. The van der Waals surface area contributed by atoms with Crippen molar-refractivity contribution in [1.29, 1.82) is 0 Å². The van der Waals surface area contributed by atoms with Crippen molar-refractivity contribution >= 4 is 26.2 Å². The summed E-state index contributed by atoms with van der Waals surface area (Å²) in [5.41, 5.74) is 2.71. The molecular weight excluding hydrogens is 280 g/mol. The highest BCUT2D eigenvalue weighted by molar-refractivity contribution is 9.15. The van der Waals surface area contributed by atoms with E-state index in [1.54, 1.807) is 25.1 Å². The molecule has 0 fully saturated rings. The van der Waals surface area contributed by atoms with Gasteiger partial charge in [0.2, 0.25) is 0 Å². The Kier molecular flexibility index (Phi) is 3.04. The van der Waals surface area contributed by atoms with Crippen molar-refractivity contribution in [2.75, 3.05) is 0 Å². The minimum Gasteiger partial charge on any atom is -0.290 e. The third-order valence-corrected chi connectivity index (χ3v) is 4.07. The van der Waals surface area contributed by atoms with Crippen LogP contribution < -0.4 is 5.43 Å². The lowest BCUT2D eigenvalue weighted by Gasteiger charge is -1.99. The lowest BCUT2D eigenvalue weighted by molar-refractivity contribution is 0.103. The van der Waals surface area contributed by atoms with Crippen molar-refractivity contribution in [3.8, 4) is 0 Å². The third kappa shape index (κ3) is 1.89. The Morgan fingerprint density at radius 1 is 1.12 bits per heavy atom. The first kappa shape index (κ1) is 12.2. The first-order chi connectivity index (χ1) is 7.93. The number of Topliss-reactive ketones (excluding diaryl/α,β-unsaturated/α-hetero) is 1. The van der Waals surface area contributed by atoms with Crippen LogP contribution in [0.5, 0.6) is 0 Å². The average Bonchev–Trinajstić information content (AvgIpc) is 2.44. The largest absolute Gasteiger partial charge is 0.290 e. The summed E-state index contributed by atoms with van der Waals surface area (Å²) in [6, 6.07) is 5.08. The zero-order chi connectivity index (χ0) is 12.7. The molecule has 0 spiro atoms. The number of carbonyl (C=O) groups is 1. The van der Waals surface area contributed by atoms with Crippen LogP contribution in [-0.4, -0.2) is 5.78 Å². The Bertz CT molecular complexity index is 598. The second kappa shape index (κ2) is 4.22. The standard InChI is InChI=1S/C14H13BrO2/c1-7(2)9-4-5-10-11(6-12(9)16)13(15)8(3)14(10)17/h4-7H,1-3H3. The van der Waals surface area contributed by atoms with Crippen LogP contribution in [0.4, 0.5) is 0 Å². The molecule has 0 bridgehead atoms. The van der Waals surface area contributed by atoms with Gasteiger partial charge in [0.25, 0.3) is 0 Å². The fourth-order valence-electron chi connectivity index (χ4n) is 2.00. The maximum atomic E-state index is 12.0. The fourth-order valence-corrected chi connectivity index (χ4v) is 2.51. The highest BCUT2D eigenvalue weighted by Gasteiger charge is 2.25. The molecule has 0 unspecified atom stereocenters. The molecule has 88 valence electrons. The van der Waals surface area contributed by atoms with E-state index in [4.69, 9.17) is 0 Å². The Morgan fingerprint density at radius 2 is 1.76 bits per heavy atom. The topological polar surface area (TPSA) is 34.1 Å². The number of ketones is 1. The lowest BCUT2D eigenvalue weighted by atomic mass is 10.1. The highest BCUT2D eigenvalue weighted by atomic mass is 79.9. The zero-order valence-corrected chi connectivity index (χ0v) is 11.6. The van der Waals surface area contributed by atoms with E-state index in [0.717, 1.165) is 10.0 Å². The first-order valence-corrected chi connectivity index (χ1v) is 6.32. The predicted molar refractivity (Wildman–Crippen MR) is 72.7 cm³/mol. The molecule has 0 aromatic heterocycles. The minimum absolute atomic E-state index is 0.00261. The molecule has 3 heteroatoms. The zero-order valence-electron chi connectivity index (χ0n) is 10.0. The average molecular weight is 293 g/mol. The van der Waals surface area contributed by atoms with Crippen LogP contribution in [0.25, 0.3) is 4.48 Å². The van der Waals surface area contributed by atoms with E-state index < -0.39 is 0 Å². The number of fused-ring (bicyclic) bond motifs is 1. The molecule has 2 nitrogen and oxygen atoms in total. The number of rotatable bonds is 1. The number of hydrogen-bond acceptors (Lipinski definition) is 2. The Morgan fingerprint density at radius 3 is 2.35 bits per heavy atom. The molecule has 0 N–H and O–H groups in total. The van der Waals surface area contributed by atoms with Crippen molar-refractivity contribution < 1.29 is 4.79 Å². The van der Waals surface area contributed by atoms with Gasteiger partial charge in [-0.15, -0.1) is 0 Å². The summed E-state index contributed by atoms with van der Waals surface area (Å²) < 4.78 is 0.737. The molecule has 17 heavy (non-hydrogen) atoms. The third-order valence-electron chi connectivity index (χ3n) is 3.05. The quantitative estimate of drug-likeness (QED) is 0.794. The van der Waals surface area contributed by atoms with Gasteiger partial charge in [0.05, 0.1) is 0 Å². The van der Waals surface area contributed by atoms with Crippen LogP contribution in [0.15, 0.2) is 28.6 Å². The monoisotopic (exact) mass is 292 g/mol. The van der Waals surface area contributed by atoms with E-state index in [1.807, 2.05) is 13.8 Å². The van der Waals surface area contributed by atoms with Gasteiger partial charge >= 0.3 is 0 Å². The van der Waals surface area contributed by atoms with Crippen molar-refractivity contribution in [3.63, 3.8) is 0 Å². The number of hydrogen-bond donors (Lipinski definition) is 0. The molecule has 1 aromatic rings. The lowest BCUT2D eigenvalue weighted by Crippen LogP contribution is -2.05. The van der Waals surface area contributed by atoms with Gasteiger partial charge in [-0.3, -0.25) is 9.59 Å². The summed E-state index contributed by atoms with van der Waals surface area (Å²) >= 11 is 3.38. The van der Waals surface area contributed by atoms with Crippen LogP contribution in [0, 0.1) is 0 Å². The molecule has 0 aliphatic heterocycles. The summed E-state index contributed by atoms with van der Waals surface area (Å²) in [5, 5.41) is 0. The van der Waals surface area contributed by atoms with E-state index in [0.29, 0.717) is 16.7 Å². The van der Waals surface area contributed by atoms with Gasteiger partial charge in [0, 0.05) is 26.7 Å². The van der Waals surface area contributed by atoms with Gasteiger partial charge in [-0.1, -0.05) is 19.9 Å². The predicted octanol–water partition coefficient (Wildman–Crippen LogP) is 3.49. The maximum Gasteiger partial charge on any atom is 0.190 e. The molecule has 1 aromatic carbocycles. The fraction of sp³-hybridized carbons (Fsp3) is 0.286. The number of carbonyl (C=O) groups excluding carboxylic acids is 1. The van der Waals surface area contributed by atoms with E-state index in [9.17, 15) is 9.59 Å². The van der Waals surface area contributed by atoms with Crippen molar-refractivity contribution in [3.05, 3.63) is 50.7 Å². The van der Waals surface area contributed by atoms with E-state index in [-0.39, 0.29) is 17.1 Å². The van der Waals surface area contributed by atoms with Crippen molar-refractivity contribution in [2.24, 2.45) is 0 Å². The molecule has 0 amide bonds. The van der Waals surface area contributed by atoms with Crippen molar-refractivity contribution in [1.82, 2.24) is 0 Å². The Labute approximate surface area is 108 Å². The molecule has 0 heterocycles.